The van der Waals surface area contributed by atoms with Crippen molar-refractivity contribution in [2.75, 3.05) is 5.73 Å². The van der Waals surface area contributed by atoms with E-state index < -0.39 is 0 Å². The fraction of sp³-hybridized carbons (Fsp3) is 0.200. The minimum absolute atomic E-state index is 0.512. The summed E-state index contributed by atoms with van der Waals surface area (Å²) in [6.07, 6.45) is 1.64. The van der Waals surface area contributed by atoms with Crippen molar-refractivity contribution in [1.29, 1.82) is 0 Å². The van der Waals surface area contributed by atoms with Crippen LogP contribution in [-0.2, 0) is 7.05 Å². The van der Waals surface area contributed by atoms with E-state index in [0.29, 0.717) is 11.0 Å². The molecule has 0 radical (unpaired) electrons. The van der Waals surface area contributed by atoms with E-state index in [4.69, 9.17) is 5.73 Å². The number of nitrogens with two attached hydrogens (primary N) is 1. The quantitative estimate of drug-likeness (QED) is 0.666. The average Bonchev–Trinajstić information content (AvgIpc) is 2.58. The summed E-state index contributed by atoms with van der Waals surface area (Å²) in [4.78, 5) is 6.11. The molecule has 12 heavy (non-hydrogen) atoms. The second kappa shape index (κ2) is 2.52. The number of rotatable bonds is 1. The first-order chi connectivity index (χ1) is 5.75. The van der Waals surface area contributed by atoms with Gasteiger partial charge in [-0.25, -0.2) is 4.98 Å². The van der Waals surface area contributed by atoms with Crippen molar-refractivity contribution in [1.82, 2.24) is 25.2 Å². The van der Waals surface area contributed by atoms with E-state index in [9.17, 15) is 0 Å². The average molecular weight is 182 g/mol. The Morgan fingerprint density at radius 2 is 2.42 bits per heavy atom. The molecule has 0 bridgehead atoms. The predicted molar refractivity (Wildman–Crippen MR) is 44.3 cm³/mol. The first-order valence-corrected chi connectivity index (χ1v) is 4.03. The van der Waals surface area contributed by atoms with Gasteiger partial charge in [-0.05, 0) is 5.21 Å². The molecule has 0 fully saturated rings. The van der Waals surface area contributed by atoms with Crippen molar-refractivity contribution in [3.05, 3.63) is 6.20 Å². The molecule has 0 aliphatic carbocycles. The number of anilines is 1. The van der Waals surface area contributed by atoms with Crippen LogP contribution in [0.2, 0.25) is 0 Å². The molecule has 6 nitrogen and oxygen atoms in total. The standard InChI is InChI=1S/C5H6N6S/c1-11-9-4(8-10-11)3-2-7-5(6)12-3/h2H,1H3,(H2,6,7). The molecule has 2 aromatic rings. The van der Waals surface area contributed by atoms with Gasteiger partial charge in [0.25, 0.3) is 0 Å². The second-order valence-electron chi connectivity index (χ2n) is 2.17. The van der Waals surface area contributed by atoms with Crippen molar-refractivity contribution in [2.45, 2.75) is 0 Å². The summed E-state index contributed by atoms with van der Waals surface area (Å²) >= 11 is 1.34. The molecule has 0 spiro atoms. The van der Waals surface area contributed by atoms with E-state index in [1.54, 1.807) is 13.2 Å². The van der Waals surface area contributed by atoms with Crippen molar-refractivity contribution in [3.8, 4) is 10.7 Å². The number of aromatic nitrogens is 5. The number of nitrogens with zero attached hydrogens (tertiary/aromatic N) is 5. The third-order valence-electron chi connectivity index (χ3n) is 1.25. The van der Waals surface area contributed by atoms with Crippen LogP contribution in [0.4, 0.5) is 5.13 Å². The Bertz CT molecular complexity index is 352. The molecule has 0 amide bonds. The minimum Gasteiger partial charge on any atom is -0.375 e. The summed E-state index contributed by atoms with van der Waals surface area (Å²) in [6, 6.07) is 0. The highest BCUT2D eigenvalue weighted by Crippen LogP contribution is 2.22. The monoisotopic (exact) mass is 182 g/mol. The van der Waals surface area contributed by atoms with E-state index in [-0.39, 0.29) is 0 Å². The fourth-order valence-corrected chi connectivity index (χ4v) is 1.38. The van der Waals surface area contributed by atoms with Crippen LogP contribution < -0.4 is 5.73 Å². The van der Waals surface area contributed by atoms with E-state index in [1.165, 1.54) is 16.1 Å². The second-order valence-corrected chi connectivity index (χ2v) is 3.23. The molecule has 2 N–H and O–H groups in total. The Labute approximate surface area is 72.0 Å². The lowest BCUT2D eigenvalue weighted by molar-refractivity contribution is 0.630. The third kappa shape index (κ3) is 1.14. The predicted octanol–water partition coefficient (Wildman–Crippen LogP) is -0.0842. The molecule has 0 aromatic carbocycles. The largest absolute Gasteiger partial charge is 0.375 e. The molecular formula is C5H6N6S. The summed E-state index contributed by atoms with van der Waals surface area (Å²) in [5.74, 6) is 0.562. The number of hydrogen-bond donors (Lipinski definition) is 1. The first kappa shape index (κ1) is 7.17. The zero-order chi connectivity index (χ0) is 8.55. The normalized spacial score (nSPS) is 10.4. The molecular weight excluding hydrogens is 176 g/mol. The van der Waals surface area contributed by atoms with E-state index in [0.717, 1.165) is 4.88 Å². The van der Waals surface area contributed by atoms with Gasteiger partial charge in [0, 0.05) is 0 Å². The van der Waals surface area contributed by atoms with Gasteiger partial charge in [0.05, 0.1) is 18.1 Å². The Morgan fingerprint density at radius 1 is 1.58 bits per heavy atom. The Hall–Kier alpha value is -1.50. The number of hydrogen-bond acceptors (Lipinski definition) is 6. The number of nitrogen functional groups attached to an aromatic ring is 1. The molecule has 62 valence electrons. The lowest BCUT2D eigenvalue weighted by Crippen LogP contribution is -1.91. The highest BCUT2D eigenvalue weighted by atomic mass is 32.1. The van der Waals surface area contributed by atoms with Crippen LogP contribution in [0, 0.1) is 0 Å². The van der Waals surface area contributed by atoms with Crippen molar-refractivity contribution < 1.29 is 0 Å². The lowest BCUT2D eigenvalue weighted by atomic mass is 10.5. The van der Waals surface area contributed by atoms with Crippen LogP contribution >= 0.6 is 11.3 Å². The van der Waals surface area contributed by atoms with Gasteiger partial charge in [-0.1, -0.05) is 11.3 Å². The van der Waals surface area contributed by atoms with Crippen LogP contribution in [0.25, 0.3) is 10.7 Å². The van der Waals surface area contributed by atoms with Crippen LogP contribution in [0.15, 0.2) is 6.20 Å². The molecule has 0 atom stereocenters. The smallest absolute Gasteiger partial charge is 0.216 e. The van der Waals surface area contributed by atoms with Crippen molar-refractivity contribution in [2.24, 2.45) is 7.05 Å². The summed E-state index contributed by atoms with van der Waals surface area (Å²) in [5, 5.41) is 12.0. The molecule has 2 heterocycles. The molecule has 0 aliphatic rings. The zero-order valence-corrected chi connectivity index (χ0v) is 7.12. The summed E-state index contributed by atoms with van der Waals surface area (Å²) in [5.41, 5.74) is 5.45. The van der Waals surface area contributed by atoms with E-state index in [2.05, 4.69) is 20.4 Å². The molecule has 0 aliphatic heterocycles. The Balaban J connectivity index is 2.43. The van der Waals surface area contributed by atoms with Crippen LogP contribution in [-0.4, -0.2) is 25.2 Å². The first-order valence-electron chi connectivity index (χ1n) is 3.21. The number of thiazole rings is 1. The minimum atomic E-state index is 0.512. The van der Waals surface area contributed by atoms with Gasteiger partial charge in [0.2, 0.25) is 5.82 Å². The molecule has 0 saturated heterocycles. The van der Waals surface area contributed by atoms with E-state index in [1.807, 2.05) is 0 Å². The maximum atomic E-state index is 5.45. The van der Waals surface area contributed by atoms with Gasteiger partial charge in [-0.3, -0.25) is 0 Å². The van der Waals surface area contributed by atoms with Crippen LogP contribution in [0.1, 0.15) is 0 Å². The SMILES string of the molecule is Cn1nnc(-c2cnc(N)s2)n1. The van der Waals surface area contributed by atoms with Crippen molar-refractivity contribution in [3.63, 3.8) is 0 Å². The molecule has 2 rings (SSSR count). The van der Waals surface area contributed by atoms with Gasteiger partial charge in [0.15, 0.2) is 5.13 Å². The van der Waals surface area contributed by atoms with Gasteiger partial charge in [-0.2, -0.15) is 4.80 Å². The summed E-state index contributed by atoms with van der Waals surface area (Å²) < 4.78 is 0. The number of tetrazole rings is 1. The number of aryl methyl sites for hydroxylation is 1. The fourth-order valence-electron chi connectivity index (χ4n) is 0.774. The third-order valence-corrected chi connectivity index (χ3v) is 2.07. The highest BCUT2D eigenvalue weighted by molar-refractivity contribution is 7.18. The molecule has 0 saturated carbocycles. The van der Waals surface area contributed by atoms with Crippen LogP contribution in [0.5, 0.6) is 0 Å². The van der Waals surface area contributed by atoms with Gasteiger partial charge in [0.1, 0.15) is 0 Å². The van der Waals surface area contributed by atoms with Gasteiger partial charge >= 0.3 is 0 Å². The maximum Gasteiger partial charge on any atom is 0.216 e. The summed E-state index contributed by atoms with van der Waals surface area (Å²) in [6.45, 7) is 0. The summed E-state index contributed by atoms with van der Waals surface area (Å²) in [7, 11) is 1.71. The lowest BCUT2D eigenvalue weighted by Gasteiger charge is -1.81. The van der Waals surface area contributed by atoms with Crippen molar-refractivity contribution >= 4 is 16.5 Å². The van der Waals surface area contributed by atoms with Crippen LogP contribution in [0.3, 0.4) is 0 Å². The Morgan fingerprint density at radius 3 is 2.92 bits per heavy atom. The molecule has 2 aromatic heterocycles. The topological polar surface area (TPSA) is 82.5 Å². The van der Waals surface area contributed by atoms with E-state index >= 15 is 0 Å². The van der Waals surface area contributed by atoms with Gasteiger partial charge < -0.3 is 5.73 Å². The van der Waals surface area contributed by atoms with Gasteiger partial charge in [-0.15, -0.1) is 10.2 Å². The highest BCUT2D eigenvalue weighted by Gasteiger charge is 2.06. The molecule has 7 heteroatoms. The Kier molecular flexibility index (Phi) is 1.51. The maximum absolute atomic E-state index is 5.45. The zero-order valence-electron chi connectivity index (χ0n) is 6.30. The molecule has 0 unspecified atom stereocenters.